The van der Waals surface area contributed by atoms with Gasteiger partial charge >= 0.3 is 0 Å². The van der Waals surface area contributed by atoms with Crippen LogP contribution in [0.2, 0.25) is 0 Å². The van der Waals surface area contributed by atoms with E-state index in [4.69, 9.17) is 0 Å². The predicted octanol–water partition coefficient (Wildman–Crippen LogP) is 2.40. The molecule has 0 radical (unpaired) electrons. The van der Waals surface area contributed by atoms with Crippen molar-refractivity contribution in [2.24, 2.45) is 5.92 Å². The van der Waals surface area contributed by atoms with Gasteiger partial charge in [0, 0.05) is 6.04 Å². The molecule has 17 heavy (non-hydrogen) atoms. The third-order valence-electron chi connectivity index (χ3n) is 3.02. The van der Waals surface area contributed by atoms with Gasteiger partial charge < -0.3 is 5.32 Å². The molecule has 1 aromatic rings. The summed E-state index contributed by atoms with van der Waals surface area (Å²) in [7, 11) is 0. The number of nitrogens with zero attached hydrogens (tertiary/aromatic N) is 2. The topological polar surface area (TPSA) is 46.9 Å². The van der Waals surface area contributed by atoms with E-state index in [0.29, 0.717) is 17.1 Å². The van der Waals surface area contributed by atoms with Crippen LogP contribution >= 0.6 is 15.9 Å². The molecule has 0 spiro atoms. The highest BCUT2D eigenvalue weighted by Gasteiger charge is 2.25. The third kappa shape index (κ3) is 2.60. The summed E-state index contributed by atoms with van der Waals surface area (Å²) in [4.78, 5) is 11.9. The highest BCUT2D eigenvalue weighted by Crippen LogP contribution is 2.30. The SMILES string of the molecule is C=CCn1ncc(NC2CC(C)C2)c(Br)c1=O. The van der Waals surface area contributed by atoms with E-state index in [2.05, 4.69) is 39.8 Å². The molecule has 0 aliphatic heterocycles. The summed E-state index contributed by atoms with van der Waals surface area (Å²) in [5, 5.41) is 7.44. The standard InChI is InChI=1S/C12H16BrN3O/c1-3-4-16-12(17)11(13)10(7-14-16)15-9-5-8(2)6-9/h3,7-9,15H,1,4-6H2,2H3. The molecule has 1 N–H and O–H groups in total. The monoisotopic (exact) mass is 297 g/mol. The van der Waals surface area contributed by atoms with E-state index in [1.165, 1.54) is 4.68 Å². The molecule has 92 valence electrons. The van der Waals surface area contributed by atoms with Crippen LogP contribution in [0.25, 0.3) is 0 Å². The van der Waals surface area contributed by atoms with Crippen molar-refractivity contribution in [2.45, 2.75) is 32.4 Å². The van der Waals surface area contributed by atoms with Crippen LogP contribution in [0.5, 0.6) is 0 Å². The molecule has 2 rings (SSSR count). The van der Waals surface area contributed by atoms with E-state index >= 15 is 0 Å². The zero-order chi connectivity index (χ0) is 12.4. The average Bonchev–Trinajstić information content (AvgIpc) is 2.26. The minimum absolute atomic E-state index is 0.123. The maximum Gasteiger partial charge on any atom is 0.283 e. The fourth-order valence-corrected chi connectivity index (χ4v) is 2.48. The zero-order valence-corrected chi connectivity index (χ0v) is 11.4. The van der Waals surface area contributed by atoms with E-state index in [-0.39, 0.29) is 5.56 Å². The molecule has 0 unspecified atom stereocenters. The van der Waals surface area contributed by atoms with Gasteiger partial charge in [0.05, 0.1) is 18.4 Å². The number of hydrogen-bond acceptors (Lipinski definition) is 3. The van der Waals surface area contributed by atoms with Crippen molar-refractivity contribution < 1.29 is 0 Å². The lowest BCUT2D eigenvalue weighted by molar-refractivity contribution is 0.309. The van der Waals surface area contributed by atoms with E-state index in [1.807, 2.05) is 0 Å². The Morgan fingerprint density at radius 1 is 1.71 bits per heavy atom. The van der Waals surface area contributed by atoms with Gasteiger partial charge in [-0.15, -0.1) is 6.58 Å². The van der Waals surface area contributed by atoms with Crippen LogP contribution in [0.15, 0.2) is 28.1 Å². The van der Waals surface area contributed by atoms with Crippen LogP contribution in [0.1, 0.15) is 19.8 Å². The van der Waals surface area contributed by atoms with Gasteiger partial charge in [-0.3, -0.25) is 4.79 Å². The second-order valence-corrected chi connectivity index (χ2v) is 5.36. The van der Waals surface area contributed by atoms with Crippen LogP contribution in [0, 0.1) is 5.92 Å². The minimum atomic E-state index is -0.123. The molecule has 1 heterocycles. The van der Waals surface area contributed by atoms with Crippen LogP contribution in [0.3, 0.4) is 0 Å². The molecule has 1 fully saturated rings. The molecule has 1 aromatic heterocycles. The Morgan fingerprint density at radius 2 is 2.41 bits per heavy atom. The average molecular weight is 298 g/mol. The number of halogens is 1. The molecule has 0 atom stereocenters. The van der Waals surface area contributed by atoms with Gasteiger partial charge in [0.1, 0.15) is 4.47 Å². The summed E-state index contributed by atoms with van der Waals surface area (Å²) in [5.74, 6) is 0.778. The van der Waals surface area contributed by atoms with E-state index in [0.717, 1.165) is 24.4 Å². The number of nitrogens with one attached hydrogen (secondary N) is 1. The first-order valence-electron chi connectivity index (χ1n) is 5.75. The second kappa shape index (κ2) is 5.04. The molecule has 4 nitrogen and oxygen atoms in total. The van der Waals surface area contributed by atoms with Crippen molar-refractivity contribution in [3.8, 4) is 0 Å². The van der Waals surface area contributed by atoms with Crippen LogP contribution in [-0.2, 0) is 6.54 Å². The van der Waals surface area contributed by atoms with Gasteiger partial charge in [0.15, 0.2) is 0 Å². The molecular weight excluding hydrogens is 282 g/mol. The molecule has 0 aromatic carbocycles. The Hall–Kier alpha value is -1.10. The van der Waals surface area contributed by atoms with Crippen molar-refractivity contribution in [1.82, 2.24) is 9.78 Å². The van der Waals surface area contributed by atoms with Gasteiger partial charge in [0.2, 0.25) is 0 Å². The van der Waals surface area contributed by atoms with Gasteiger partial charge in [-0.2, -0.15) is 5.10 Å². The highest BCUT2D eigenvalue weighted by molar-refractivity contribution is 9.10. The molecule has 1 aliphatic carbocycles. The Labute approximate surface area is 109 Å². The Kier molecular flexibility index (Phi) is 3.66. The lowest BCUT2D eigenvalue weighted by Gasteiger charge is -2.34. The first kappa shape index (κ1) is 12.4. The first-order valence-corrected chi connectivity index (χ1v) is 6.54. The van der Waals surface area contributed by atoms with Crippen LogP contribution < -0.4 is 10.9 Å². The predicted molar refractivity (Wildman–Crippen MR) is 72.2 cm³/mol. The summed E-state index contributed by atoms with van der Waals surface area (Å²) in [6, 6.07) is 0.470. The maximum absolute atomic E-state index is 11.9. The van der Waals surface area contributed by atoms with Gasteiger partial charge in [-0.25, -0.2) is 4.68 Å². The molecule has 1 saturated carbocycles. The van der Waals surface area contributed by atoms with Gasteiger partial charge in [0.25, 0.3) is 5.56 Å². The lowest BCUT2D eigenvalue weighted by atomic mass is 9.82. The summed E-state index contributed by atoms with van der Waals surface area (Å²) in [6.07, 6.45) is 5.66. The Balaban J connectivity index is 2.16. The van der Waals surface area contributed by atoms with Crippen molar-refractivity contribution >= 4 is 21.6 Å². The highest BCUT2D eigenvalue weighted by atomic mass is 79.9. The third-order valence-corrected chi connectivity index (χ3v) is 3.79. The molecule has 5 heteroatoms. The van der Waals surface area contributed by atoms with E-state index in [1.54, 1.807) is 12.3 Å². The Morgan fingerprint density at radius 3 is 3.00 bits per heavy atom. The molecular formula is C12H16BrN3O. The molecule has 1 aliphatic rings. The lowest BCUT2D eigenvalue weighted by Crippen LogP contribution is -2.35. The van der Waals surface area contributed by atoms with Gasteiger partial charge in [-0.05, 0) is 34.7 Å². The zero-order valence-electron chi connectivity index (χ0n) is 9.82. The normalized spacial score (nSPS) is 22.9. The van der Waals surface area contributed by atoms with Crippen molar-refractivity contribution in [3.05, 3.63) is 33.7 Å². The number of anilines is 1. The van der Waals surface area contributed by atoms with Crippen molar-refractivity contribution in [3.63, 3.8) is 0 Å². The van der Waals surface area contributed by atoms with E-state index in [9.17, 15) is 4.79 Å². The molecule has 0 amide bonds. The van der Waals surface area contributed by atoms with Crippen LogP contribution in [0.4, 0.5) is 5.69 Å². The summed E-state index contributed by atoms with van der Waals surface area (Å²) in [6.45, 7) is 6.26. The maximum atomic E-state index is 11.9. The summed E-state index contributed by atoms with van der Waals surface area (Å²) < 4.78 is 1.93. The second-order valence-electron chi connectivity index (χ2n) is 4.57. The number of rotatable bonds is 4. The van der Waals surface area contributed by atoms with Crippen molar-refractivity contribution in [2.75, 3.05) is 5.32 Å². The first-order chi connectivity index (χ1) is 8.11. The minimum Gasteiger partial charge on any atom is -0.380 e. The Bertz CT molecular complexity index is 477. The fourth-order valence-electron chi connectivity index (χ4n) is 2.06. The number of hydrogen-bond donors (Lipinski definition) is 1. The fraction of sp³-hybridized carbons (Fsp3) is 0.500. The summed E-state index contributed by atoms with van der Waals surface area (Å²) >= 11 is 3.33. The quantitative estimate of drug-likeness (QED) is 0.868. The van der Waals surface area contributed by atoms with Gasteiger partial charge in [-0.1, -0.05) is 13.0 Å². The van der Waals surface area contributed by atoms with Crippen LogP contribution in [-0.4, -0.2) is 15.8 Å². The number of aromatic nitrogens is 2. The molecule has 0 saturated heterocycles. The van der Waals surface area contributed by atoms with E-state index < -0.39 is 0 Å². The van der Waals surface area contributed by atoms with Crippen molar-refractivity contribution in [1.29, 1.82) is 0 Å². The number of allylic oxidation sites excluding steroid dienone is 1. The smallest absolute Gasteiger partial charge is 0.283 e. The molecule has 0 bridgehead atoms. The largest absolute Gasteiger partial charge is 0.380 e. The summed E-state index contributed by atoms with van der Waals surface area (Å²) in [5.41, 5.74) is 0.662.